The van der Waals surface area contributed by atoms with E-state index < -0.39 is 0 Å². The Kier molecular flexibility index (Phi) is 2.73. The van der Waals surface area contributed by atoms with Crippen molar-refractivity contribution in [3.05, 3.63) is 29.8 Å². The highest BCUT2D eigenvalue weighted by Gasteiger charge is 2.21. The van der Waals surface area contributed by atoms with Crippen LogP contribution in [0.2, 0.25) is 0 Å². The van der Waals surface area contributed by atoms with Crippen LogP contribution in [0.15, 0.2) is 24.3 Å². The van der Waals surface area contributed by atoms with E-state index in [1.165, 1.54) is 5.56 Å². The lowest BCUT2D eigenvalue weighted by molar-refractivity contribution is 0.215. The Morgan fingerprint density at radius 3 is 3.00 bits per heavy atom. The van der Waals surface area contributed by atoms with Crippen LogP contribution < -0.4 is 10.5 Å². The molecule has 1 aromatic carbocycles. The second-order valence-corrected chi connectivity index (χ2v) is 4.11. The Morgan fingerprint density at radius 1 is 1.50 bits per heavy atom. The van der Waals surface area contributed by atoms with Crippen molar-refractivity contribution < 1.29 is 4.74 Å². The first-order valence-electron chi connectivity index (χ1n) is 5.26. The lowest BCUT2D eigenvalue weighted by Gasteiger charge is -2.11. The average Bonchev–Trinajstić information content (AvgIpc) is 2.57. The molecule has 0 spiro atoms. The van der Waals surface area contributed by atoms with E-state index in [1.54, 1.807) is 0 Å². The topological polar surface area (TPSA) is 35.2 Å². The minimum absolute atomic E-state index is 0.280. The van der Waals surface area contributed by atoms with Gasteiger partial charge in [-0.2, -0.15) is 0 Å². The van der Waals surface area contributed by atoms with Crippen LogP contribution in [0.4, 0.5) is 0 Å². The third kappa shape index (κ3) is 2.07. The maximum Gasteiger partial charge on any atom is 0.123 e. The Balaban J connectivity index is 1.92. The zero-order valence-corrected chi connectivity index (χ0v) is 8.57. The van der Waals surface area contributed by atoms with Gasteiger partial charge in [0.05, 0.1) is 0 Å². The fraction of sp³-hybridized carbons (Fsp3) is 0.500. The van der Waals surface area contributed by atoms with E-state index in [-0.39, 0.29) is 6.04 Å². The van der Waals surface area contributed by atoms with Crippen LogP contribution >= 0.6 is 0 Å². The van der Waals surface area contributed by atoms with E-state index in [0.29, 0.717) is 6.10 Å². The molecule has 1 heterocycles. The molecule has 0 bridgehead atoms. The lowest BCUT2D eigenvalue weighted by Crippen LogP contribution is -2.20. The van der Waals surface area contributed by atoms with Gasteiger partial charge in [-0.1, -0.05) is 18.2 Å². The minimum Gasteiger partial charge on any atom is -0.490 e. The standard InChI is InChI=1S/C12H17NO/c1-9(13)6-7-11-8-10-4-2-3-5-12(10)14-11/h2-5,9,11H,6-8,13H2,1H3. The van der Waals surface area contributed by atoms with Crippen molar-refractivity contribution in [2.45, 2.75) is 38.3 Å². The van der Waals surface area contributed by atoms with E-state index in [1.807, 2.05) is 19.1 Å². The van der Waals surface area contributed by atoms with E-state index in [4.69, 9.17) is 10.5 Å². The van der Waals surface area contributed by atoms with Gasteiger partial charge >= 0.3 is 0 Å². The second kappa shape index (κ2) is 4.01. The second-order valence-electron chi connectivity index (χ2n) is 4.11. The van der Waals surface area contributed by atoms with Crippen molar-refractivity contribution in [1.29, 1.82) is 0 Å². The summed E-state index contributed by atoms with van der Waals surface area (Å²) < 4.78 is 5.80. The van der Waals surface area contributed by atoms with Crippen molar-refractivity contribution in [1.82, 2.24) is 0 Å². The molecule has 0 saturated carbocycles. The van der Waals surface area contributed by atoms with Gasteiger partial charge in [0.25, 0.3) is 0 Å². The molecule has 2 rings (SSSR count). The predicted molar refractivity (Wildman–Crippen MR) is 57.4 cm³/mol. The van der Waals surface area contributed by atoms with Crippen LogP contribution in [0.3, 0.4) is 0 Å². The Bertz CT molecular complexity index is 284. The van der Waals surface area contributed by atoms with E-state index in [0.717, 1.165) is 25.0 Å². The third-order valence-corrected chi connectivity index (χ3v) is 2.66. The maximum absolute atomic E-state index is 5.80. The molecule has 0 amide bonds. The van der Waals surface area contributed by atoms with Gasteiger partial charge in [0.15, 0.2) is 0 Å². The lowest BCUT2D eigenvalue weighted by atomic mass is 10.0. The Hall–Kier alpha value is -1.02. The van der Waals surface area contributed by atoms with Gasteiger partial charge in [0.1, 0.15) is 11.9 Å². The normalized spacial score (nSPS) is 21.4. The molecule has 2 N–H and O–H groups in total. The predicted octanol–water partition coefficient (Wildman–Crippen LogP) is 2.12. The van der Waals surface area contributed by atoms with Crippen molar-refractivity contribution >= 4 is 0 Å². The average molecular weight is 191 g/mol. The molecule has 2 unspecified atom stereocenters. The number of hydrogen-bond acceptors (Lipinski definition) is 2. The molecule has 76 valence electrons. The molecule has 2 atom stereocenters. The monoisotopic (exact) mass is 191 g/mol. The number of fused-ring (bicyclic) bond motifs is 1. The van der Waals surface area contributed by atoms with Crippen LogP contribution in [0.5, 0.6) is 5.75 Å². The van der Waals surface area contributed by atoms with Crippen LogP contribution in [-0.4, -0.2) is 12.1 Å². The number of rotatable bonds is 3. The molecule has 1 aromatic rings. The SMILES string of the molecule is CC(N)CCC1Cc2ccccc2O1. The first kappa shape index (κ1) is 9.53. The molecule has 1 aliphatic rings. The fourth-order valence-corrected chi connectivity index (χ4v) is 1.86. The number of para-hydroxylation sites is 1. The fourth-order valence-electron chi connectivity index (χ4n) is 1.86. The van der Waals surface area contributed by atoms with Crippen LogP contribution in [0.1, 0.15) is 25.3 Å². The van der Waals surface area contributed by atoms with Gasteiger partial charge in [-0.15, -0.1) is 0 Å². The van der Waals surface area contributed by atoms with Crippen molar-refractivity contribution in [2.75, 3.05) is 0 Å². The molecule has 2 heteroatoms. The summed E-state index contributed by atoms with van der Waals surface area (Å²) in [4.78, 5) is 0. The summed E-state index contributed by atoms with van der Waals surface area (Å²) >= 11 is 0. The summed E-state index contributed by atoms with van der Waals surface area (Å²) in [6.07, 6.45) is 3.49. The first-order chi connectivity index (χ1) is 6.75. The highest BCUT2D eigenvalue weighted by molar-refractivity contribution is 5.37. The number of hydrogen-bond donors (Lipinski definition) is 1. The summed E-state index contributed by atoms with van der Waals surface area (Å²) in [5.74, 6) is 1.06. The van der Waals surface area contributed by atoms with Crippen LogP contribution in [-0.2, 0) is 6.42 Å². The highest BCUT2D eigenvalue weighted by Crippen LogP contribution is 2.29. The maximum atomic E-state index is 5.80. The van der Waals surface area contributed by atoms with E-state index in [9.17, 15) is 0 Å². The molecule has 0 saturated heterocycles. The van der Waals surface area contributed by atoms with Crippen molar-refractivity contribution in [3.63, 3.8) is 0 Å². The van der Waals surface area contributed by atoms with Crippen molar-refractivity contribution in [3.8, 4) is 5.75 Å². The zero-order valence-electron chi connectivity index (χ0n) is 8.57. The molecule has 14 heavy (non-hydrogen) atoms. The Labute approximate surface area is 85.1 Å². The van der Waals surface area contributed by atoms with Crippen LogP contribution in [0, 0.1) is 0 Å². The smallest absolute Gasteiger partial charge is 0.123 e. The van der Waals surface area contributed by atoms with Gasteiger partial charge in [0.2, 0.25) is 0 Å². The van der Waals surface area contributed by atoms with Crippen molar-refractivity contribution in [2.24, 2.45) is 5.73 Å². The largest absolute Gasteiger partial charge is 0.490 e. The van der Waals surface area contributed by atoms with Gasteiger partial charge in [-0.3, -0.25) is 0 Å². The quantitative estimate of drug-likeness (QED) is 0.794. The highest BCUT2D eigenvalue weighted by atomic mass is 16.5. The summed E-state index contributed by atoms with van der Waals surface area (Å²) in [5, 5.41) is 0. The van der Waals surface area contributed by atoms with Gasteiger partial charge in [-0.05, 0) is 31.4 Å². The molecule has 1 aliphatic heterocycles. The van der Waals surface area contributed by atoms with E-state index in [2.05, 4.69) is 12.1 Å². The zero-order chi connectivity index (χ0) is 9.97. The molecule has 0 radical (unpaired) electrons. The number of nitrogens with two attached hydrogens (primary N) is 1. The molecular formula is C12H17NO. The van der Waals surface area contributed by atoms with Gasteiger partial charge in [-0.25, -0.2) is 0 Å². The van der Waals surface area contributed by atoms with Gasteiger partial charge in [0, 0.05) is 12.5 Å². The summed E-state index contributed by atoms with van der Waals surface area (Å²) in [6, 6.07) is 8.55. The summed E-state index contributed by atoms with van der Waals surface area (Å²) in [7, 11) is 0. The number of benzene rings is 1. The van der Waals surface area contributed by atoms with E-state index >= 15 is 0 Å². The molecule has 0 aliphatic carbocycles. The first-order valence-corrected chi connectivity index (χ1v) is 5.26. The third-order valence-electron chi connectivity index (χ3n) is 2.66. The molecular weight excluding hydrogens is 174 g/mol. The van der Waals surface area contributed by atoms with Gasteiger partial charge < -0.3 is 10.5 Å². The molecule has 2 nitrogen and oxygen atoms in total. The Morgan fingerprint density at radius 2 is 2.29 bits per heavy atom. The van der Waals surface area contributed by atoms with Crippen LogP contribution in [0.25, 0.3) is 0 Å². The molecule has 0 aromatic heterocycles. The summed E-state index contributed by atoms with van der Waals surface area (Å²) in [5.41, 5.74) is 7.06. The molecule has 0 fully saturated rings. The summed E-state index contributed by atoms with van der Waals surface area (Å²) in [6.45, 7) is 2.04. The minimum atomic E-state index is 0.280. The number of ether oxygens (including phenoxy) is 1.